The summed E-state index contributed by atoms with van der Waals surface area (Å²) >= 11 is 0. The third-order valence-corrected chi connectivity index (χ3v) is 6.06. The highest BCUT2D eigenvalue weighted by Gasteiger charge is 2.59. The highest BCUT2D eigenvalue weighted by atomic mass is 31.2. The SMILES string of the molecule is CNC(C)C(=N)CC(O)(P(=O)(O)O)P(=O)(O)O. The van der Waals surface area contributed by atoms with Crippen molar-refractivity contribution >= 4 is 20.9 Å². The van der Waals surface area contributed by atoms with Crippen LogP contribution in [0.25, 0.3) is 0 Å². The molecule has 0 aliphatic rings. The zero-order valence-electron chi connectivity index (χ0n) is 9.23. The molecule has 9 nitrogen and oxygen atoms in total. The van der Waals surface area contributed by atoms with Crippen molar-refractivity contribution in [2.45, 2.75) is 24.5 Å². The molecule has 0 radical (unpaired) electrons. The van der Waals surface area contributed by atoms with Gasteiger partial charge in [0.15, 0.2) is 0 Å². The van der Waals surface area contributed by atoms with E-state index in [9.17, 15) is 14.2 Å². The summed E-state index contributed by atoms with van der Waals surface area (Å²) in [5.41, 5.74) is -0.429. The van der Waals surface area contributed by atoms with Crippen molar-refractivity contribution < 1.29 is 33.8 Å². The van der Waals surface area contributed by atoms with Gasteiger partial charge in [-0.15, -0.1) is 0 Å². The fourth-order valence-electron chi connectivity index (χ4n) is 0.959. The number of hydrogen-bond donors (Lipinski definition) is 7. The van der Waals surface area contributed by atoms with E-state index in [1.165, 1.54) is 14.0 Å². The summed E-state index contributed by atoms with van der Waals surface area (Å²) in [7, 11) is -9.53. The van der Waals surface area contributed by atoms with Crippen LogP contribution in [0.15, 0.2) is 0 Å². The maximum absolute atomic E-state index is 11.0. The molecule has 0 heterocycles. The average Bonchev–Trinajstić information content (AvgIpc) is 2.12. The van der Waals surface area contributed by atoms with Crippen molar-refractivity contribution in [2.75, 3.05) is 7.05 Å². The summed E-state index contributed by atoms with van der Waals surface area (Å²) in [6.07, 6.45) is -1.12. The quantitative estimate of drug-likeness (QED) is 0.241. The van der Waals surface area contributed by atoms with Gasteiger partial charge in [0.2, 0.25) is 0 Å². The van der Waals surface area contributed by atoms with E-state index < -0.39 is 38.4 Å². The molecule has 0 amide bonds. The predicted octanol–water partition coefficient (Wildman–Crippen LogP) is -0.994. The molecule has 0 saturated carbocycles. The molecule has 7 N–H and O–H groups in total. The molecule has 0 aromatic carbocycles. The molecule has 0 aliphatic heterocycles. The largest absolute Gasteiger partial charge is 0.369 e. The minimum atomic E-state index is -5.49. The molecule has 102 valence electrons. The van der Waals surface area contributed by atoms with Crippen LogP contribution in [0.2, 0.25) is 0 Å². The molecular formula is C6H16N2O7P2. The highest BCUT2D eigenvalue weighted by molar-refractivity contribution is 7.72. The van der Waals surface area contributed by atoms with Crippen LogP contribution in [0, 0.1) is 5.41 Å². The molecule has 0 rings (SSSR count). The van der Waals surface area contributed by atoms with Gasteiger partial charge < -0.3 is 35.4 Å². The van der Waals surface area contributed by atoms with E-state index in [0.29, 0.717) is 0 Å². The van der Waals surface area contributed by atoms with Gasteiger partial charge in [0.25, 0.3) is 5.08 Å². The van der Waals surface area contributed by atoms with Gasteiger partial charge >= 0.3 is 15.2 Å². The van der Waals surface area contributed by atoms with Crippen molar-refractivity contribution in [1.82, 2.24) is 5.32 Å². The minimum absolute atomic E-state index is 0.429. The smallest absolute Gasteiger partial charge is 0.367 e. The van der Waals surface area contributed by atoms with Crippen molar-refractivity contribution in [2.24, 2.45) is 0 Å². The first kappa shape index (κ1) is 16.9. The summed E-state index contributed by atoms with van der Waals surface area (Å²) in [5.74, 6) is 0. The van der Waals surface area contributed by atoms with Gasteiger partial charge in [0.05, 0.1) is 0 Å². The van der Waals surface area contributed by atoms with E-state index in [1.807, 2.05) is 0 Å². The van der Waals surface area contributed by atoms with Gasteiger partial charge in [-0.3, -0.25) is 9.13 Å². The van der Waals surface area contributed by atoms with Crippen LogP contribution in [0.4, 0.5) is 0 Å². The van der Waals surface area contributed by atoms with Crippen molar-refractivity contribution in [3.63, 3.8) is 0 Å². The highest BCUT2D eigenvalue weighted by Crippen LogP contribution is 2.69. The lowest BCUT2D eigenvalue weighted by Crippen LogP contribution is -2.38. The Hall–Kier alpha value is -0.110. The Morgan fingerprint density at radius 2 is 1.65 bits per heavy atom. The predicted molar refractivity (Wildman–Crippen MR) is 59.9 cm³/mol. The number of aliphatic hydroxyl groups is 1. The molecule has 0 aromatic heterocycles. The van der Waals surface area contributed by atoms with E-state index in [0.717, 1.165) is 0 Å². The molecule has 11 heteroatoms. The Balaban J connectivity index is 5.35. The maximum Gasteiger partial charge on any atom is 0.369 e. The second kappa shape index (κ2) is 5.26. The van der Waals surface area contributed by atoms with Crippen molar-refractivity contribution in [3.05, 3.63) is 0 Å². The fourth-order valence-corrected chi connectivity index (χ4v) is 3.07. The molecule has 0 aliphatic carbocycles. The average molecular weight is 290 g/mol. The summed E-state index contributed by atoms with van der Waals surface area (Å²) in [4.78, 5) is 35.3. The molecule has 0 saturated heterocycles. The van der Waals surface area contributed by atoms with Crippen LogP contribution < -0.4 is 5.32 Å². The van der Waals surface area contributed by atoms with Gasteiger partial charge in [-0.2, -0.15) is 0 Å². The first-order chi connectivity index (χ1) is 7.37. The van der Waals surface area contributed by atoms with E-state index >= 15 is 0 Å². The molecule has 0 bridgehead atoms. The van der Waals surface area contributed by atoms with Gasteiger partial charge in [-0.05, 0) is 14.0 Å². The lowest BCUT2D eigenvalue weighted by Gasteiger charge is -2.30. The van der Waals surface area contributed by atoms with E-state index in [-0.39, 0.29) is 0 Å². The van der Waals surface area contributed by atoms with Gasteiger partial charge in [0.1, 0.15) is 0 Å². The molecule has 0 spiro atoms. The maximum atomic E-state index is 11.0. The Bertz CT molecular complexity index is 364. The normalized spacial score (nSPS) is 15.7. The third kappa shape index (κ3) is 3.67. The lowest BCUT2D eigenvalue weighted by molar-refractivity contribution is 0.136. The first-order valence-electron chi connectivity index (χ1n) is 4.45. The van der Waals surface area contributed by atoms with E-state index in [1.54, 1.807) is 0 Å². The van der Waals surface area contributed by atoms with Crippen LogP contribution in [0.3, 0.4) is 0 Å². The molecule has 17 heavy (non-hydrogen) atoms. The number of nitrogens with one attached hydrogen (secondary N) is 2. The third-order valence-electron chi connectivity index (χ3n) is 2.32. The molecular weight excluding hydrogens is 274 g/mol. The fraction of sp³-hybridized carbons (Fsp3) is 0.833. The number of rotatable bonds is 6. The standard InChI is InChI=1S/C6H16N2O7P2/c1-4(8-2)5(7)3-6(9,16(10,11)12)17(13,14)15/h4,7-9H,3H2,1-2H3,(H2,10,11,12)(H2,13,14,15). The van der Waals surface area contributed by atoms with Crippen LogP contribution in [-0.4, -0.2) is 48.6 Å². The van der Waals surface area contributed by atoms with Crippen LogP contribution in [0.1, 0.15) is 13.3 Å². The monoisotopic (exact) mass is 290 g/mol. The Kier molecular flexibility index (Phi) is 5.22. The van der Waals surface area contributed by atoms with Gasteiger partial charge in [0, 0.05) is 18.2 Å². The molecule has 0 fully saturated rings. The van der Waals surface area contributed by atoms with Crippen molar-refractivity contribution in [1.29, 1.82) is 5.41 Å². The van der Waals surface area contributed by atoms with E-state index in [2.05, 4.69) is 5.32 Å². The molecule has 1 unspecified atom stereocenters. The summed E-state index contributed by atoms with van der Waals surface area (Å²) in [5, 5.41) is 15.9. The summed E-state index contributed by atoms with van der Waals surface area (Å²) < 4.78 is 22.0. The topological polar surface area (TPSA) is 171 Å². The molecule has 0 aromatic rings. The zero-order valence-corrected chi connectivity index (χ0v) is 11.0. The lowest BCUT2D eigenvalue weighted by atomic mass is 10.1. The Morgan fingerprint density at radius 1 is 1.29 bits per heavy atom. The summed E-state index contributed by atoms with van der Waals surface area (Å²) in [6, 6.07) is -0.681. The number of hydrogen-bond acceptors (Lipinski definition) is 5. The van der Waals surface area contributed by atoms with Crippen LogP contribution >= 0.6 is 15.2 Å². The minimum Gasteiger partial charge on any atom is -0.367 e. The summed E-state index contributed by atoms with van der Waals surface area (Å²) in [6.45, 7) is 1.45. The van der Waals surface area contributed by atoms with Crippen LogP contribution in [0.5, 0.6) is 0 Å². The van der Waals surface area contributed by atoms with Crippen LogP contribution in [-0.2, 0) is 9.13 Å². The van der Waals surface area contributed by atoms with E-state index in [4.69, 9.17) is 25.0 Å². The Morgan fingerprint density at radius 3 is 1.88 bits per heavy atom. The second-order valence-electron chi connectivity index (χ2n) is 3.57. The Labute approximate surface area is 97.7 Å². The first-order valence-corrected chi connectivity index (χ1v) is 7.67. The molecule has 1 atom stereocenters. The van der Waals surface area contributed by atoms with Gasteiger partial charge in [-0.25, -0.2) is 0 Å². The zero-order chi connectivity index (χ0) is 14.1. The van der Waals surface area contributed by atoms with Crippen molar-refractivity contribution in [3.8, 4) is 0 Å². The van der Waals surface area contributed by atoms with Gasteiger partial charge in [-0.1, -0.05) is 0 Å². The second-order valence-corrected chi connectivity index (χ2v) is 7.58.